The zero-order valence-electron chi connectivity index (χ0n) is 11.3. The summed E-state index contributed by atoms with van der Waals surface area (Å²) in [7, 11) is 3.13. The van der Waals surface area contributed by atoms with E-state index in [-0.39, 0.29) is 13.2 Å². The lowest BCUT2D eigenvalue weighted by Crippen LogP contribution is -2.40. The number of benzene rings is 1. The van der Waals surface area contributed by atoms with Gasteiger partial charge in [-0.25, -0.2) is 4.79 Å². The van der Waals surface area contributed by atoms with Crippen LogP contribution < -0.4 is 15.0 Å². The molecular formula is C13H18N2O4. The van der Waals surface area contributed by atoms with Gasteiger partial charge in [0.15, 0.2) is 0 Å². The molecule has 0 aromatic heterocycles. The molecule has 1 rings (SSSR count). The Bertz CT molecular complexity index is 448. The number of hydrogen-bond donors (Lipinski definition) is 1. The predicted molar refractivity (Wildman–Crippen MR) is 71.4 cm³/mol. The highest BCUT2D eigenvalue weighted by molar-refractivity contribution is 5.94. The van der Waals surface area contributed by atoms with E-state index in [4.69, 9.17) is 9.47 Å². The number of methoxy groups -OCH3 is 1. The molecule has 0 bridgehead atoms. The van der Waals surface area contributed by atoms with Gasteiger partial charge in [-0.1, -0.05) is 12.1 Å². The van der Waals surface area contributed by atoms with Gasteiger partial charge in [0.05, 0.1) is 19.4 Å². The summed E-state index contributed by atoms with van der Waals surface area (Å²) in [4.78, 5) is 24.4. The van der Waals surface area contributed by atoms with Crippen LogP contribution in [0.2, 0.25) is 0 Å². The summed E-state index contributed by atoms with van der Waals surface area (Å²) in [6.45, 7) is 1.84. The number of urea groups is 1. The summed E-state index contributed by atoms with van der Waals surface area (Å²) in [5.41, 5.74) is 0.617. The number of nitrogens with one attached hydrogen (secondary N) is 1. The van der Waals surface area contributed by atoms with Crippen LogP contribution in [0.3, 0.4) is 0 Å². The first-order valence-corrected chi connectivity index (χ1v) is 5.90. The fourth-order valence-electron chi connectivity index (χ4n) is 1.49. The second kappa shape index (κ2) is 7.25. The molecule has 1 N–H and O–H groups in total. The summed E-state index contributed by atoms with van der Waals surface area (Å²) in [5.74, 6) is 0.112. The molecule has 0 atom stereocenters. The third-order valence-corrected chi connectivity index (χ3v) is 2.44. The predicted octanol–water partition coefficient (Wildman–Crippen LogP) is 1.40. The number of carbonyl (C=O) groups is 2. The first-order chi connectivity index (χ1) is 9.10. The molecule has 6 nitrogen and oxygen atoms in total. The average Bonchev–Trinajstić information content (AvgIpc) is 2.44. The van der Waals surface area contributed by atoms with Crippen molar-refractivity contribution in [3.8, 4) is 5.75 Å². The monoisotopic (exact) mass is 266 g/mol. The fraction of sp³-hybridized carbons (Fsp3) is 0.385. The van der Waals surface area contributed by atoms with Crippen LogP contribution in [-0.4, -0.2) is 39.3 Å². The lowest BCUT2D eigenvalue weighted by Gasteiger charge is -2.20. The summed E-state index contributed by atoms with van der Waals surface area (Å²) in [5, 5.41) is 2.47. The van der Waals surface area contributed by atoms with Crippen LogP contribution in [0.25, 0.3) is 0 Å². The highest BCUT2D eigenvalue weighted by Crippen LogP contribution is 2.26. The lowest BCUT2D eigenvalue weighted by atomic mass is 10.3. The van der Waals surface area contributed by atoms with Gasteiger partial charge in [0, 0.05) is 7.05 Å². The van der Waals surface area contributed by atoms with Gasteiger partial charge in [-0.2, -0.15) is 0 Å². The molecular weight excluding hydrogens is 248 g/mol. The standard InChI is InChI=1S/C13H18N2O4/c1-4-19-12(16)9-14-13(17)15(2)10-7-5-6-8-11(10)18-3/h5-8H,4,9H2,1-3H3,(H,14,17). The van der Waals surface area contributed by atoms with Crippen LogP contribution in [0.15, 0.2) is 24.3 Å². The molecule has 0 aliphatic heterocycles. The van der Waals surface area contributed by atoms with Crippen molar-refractivity contribution in [3.05, 3.63) is 24.3 Å². The molecule has 1 aromatic carbocycles. The van der Waals surface area contributed by atoms with Crippen LogP contribution in [0.1, 0.15) is 6.92 Å². The summed E-state index contributed by atoms with van der Waals surface area (Å²) >= 11 is 0. The van der Waals surface area contributed by atoms with Crippen molar-refractivity contribution in [1.82, 2.24) is 5.32 Å². The molecule has 0 spiro atoms. The summed E-state index contributed by atoms with van der Waals surface area (Å²) in [6.07, 6.45) is 0. The normalized spacial score (nSPS) is 9.63. The van der Waals surface area contributed by atoms with E-state index >= 15 is 0 Å². The Balaban J connectivity index is 2.64. The molecule has 104 valence electrons. The maximum Gasteiger partial charge on any atom is 0.325 e. The molecule has 1 aromatic rings. The Kier molecular flexibility index (Phi) is 5.66. The number of nitrogens with zero attached hydrogens (tertiary/aromatic N) is 1. The Hall–Kier alpha value is -2.24. The molecule has 0 heterocycles. The maximum atomic E-state index is 11.9. The lowest BCUT2D eigenvalue weighted by molar-refractivity contribution is -0.141. The average molecular weight is 266 g/mol. The van der Waals surface area contributed by atoms with E-state index in [1.807, 2.05) is 6.07 Å². The van der Waals surface area contributed by atoms with E-state index in [0.29, 0.717) is 11.4 Å². The zero-order chi connectivity index (χ0) is 14.3. The topological polar surface area (TPSA) is 67.9 Å². The minimum atomic E-state index is -0.468. The first kappa shape index (κ1) is 14.8. The van der Waals surface area contributed by atoms with Crippen molar-refractivity contribution in [2.75, 3.05) is 32.2 Å². The summed E-state index contributed by atoms with van der Waals surface area (Å²) < 4.78 is 9.89. The molecule has 6 heteroatoms. The van der Waals surface area contributed by atoms with Crippen molar-refractivity contribution in [3.63, 3.8) is 0 Å². The quantitative estimate of drug-likeness (QED) is 0.818. The van der Waals surface area contributed by atoms with Gasteiger partial charge in [-0.3, -0.25) is 9.69 Å². The Labute approximate surface area is 112 Å². The Morgan fingerprint density at radius 2 is 2.00 bits per heavy atom. The van der Waals surface area contributed by atoms with Crippen LogP contribution in [-0.2, 0) is 9.53 Å². The van der Waals surface area contributed by atoms with Gasteiger partial charge in [0.2, 0.25) is 0 Å². The SMILES string of the molecule is CCOC(=O)CNC(=O)N(C)c1ccccc1OC. The Morgan fingerprint density at radius 1 is 1.32 bits per heavy atom. The first-order valence-electron chi connectivity index (χ1n) is 5.90. The van der Waals surface area contributed by atoms with E-state index in [0.717, 1.165) is 0 Å². The highest BCUT2D eigenvalue weighted by Gasteiger charge is 2.15. The van der Waals surface area contributed by atoms with Crippen molar-refractivity contribution in [2.45, 2.75) is 6.92 Å². The number of carbonyl (C=O) groups excluding carboxylic acids is 2. The van der Waals surface area contributed by atoms with Gasteiger partial charge in [-0.15, -0.1) is 0 Å². The van der Waals surface area contributed by atoms with Crippen molar-refractivity contribution >= 4 is 17.7 Å². The minimum absolute atomic E-state index is 0.161. The molecule has 2 amide bonds. The van der Waals surface area contributed by atoms with Gasteiger partial charge < -0.3 is 14.8 Å². The van der Waals surface area contributed by atoms with Gasteiger partial charge in [0.1, 0.15) is 12.3 Å². The third kappa shape index (κ3) is 4.17. The molecule has 0 aliphatic rings. The molecule has 0 fully saturated rings. The van der Waals surface area contributed by atoms with Gasteiger partial charge >= 0.3 is 12.0 Å². The second-order valence-corrected chi connectivity index (χ2v) is 3.69. The number of esters is 1. The summed E-state index contributed by atoms with van der Waals surface area (Å²) in [6, 6.07) is 6.71. The smallest absolute Gasteiger partial charge is 0.325 e. The van der Waals surface area contributed by atoms with E-state index < -0.39 is 12.0 Å². The number of ether oxygens (including phenoxy) is 2. The minimum Gasteiger partial charge on any atom is -0.495 e. The number of para-hydroxylation sites is 2. The molecule has 0 saturated carbocycles. The number of amides is 2. The van der Waals surface area contributed by atoms with Crippen molar-refractivity contribution in [1.29, 1.82) is 0 Å². The zero-order valence-corrected chi connectivity index (χ0v) is 11.3. The van der Waals surface area contributed by atoms with Crippen LogP contribution in [0.5, 0.6) is 5.75 Å². The molecule has 19 heavy (non-hydrogen) atoms. The van der Waals surface area contributed by atoms with Gasteiger partial charge in [0.25, 0.3) is 0 Å². The van der Waals surface area contributed by atoms with Crippen LogP contribution >= 0.6 is 0 Å². The molecule has 0 radical (unpaired) electrons. The fourth-order valence-corrected chi connectivity index (χ4v) is 1.49. The molecule has 0 saturated heterocycles. The van der Waals surface area contributed by atoms with E-state index in [2.05, 4.69) is 5.32 Å². The van der Waals surface area contributed by atoms with E-state index in [9.17, 15) is 9.59 Å². The van der Waals surface area contributed by atoms with Crippen LogP contribution in [0, 0.1) is 0 Å². The number of anilines is 1. The van der Waals surface area contributed by atoms with Crippen molar-refractivity contribution < 1.29 is 19.1 Å². The van der Waals surface area contributed by atoms with Gasteiger partial charge in [-0.05, 0) is 19.1 Å². The van der Waals surface area contributed by atoms with E-state index in [1.54, 1.807) is 32.2 Å². The van der Waals surface area contributed by atoms with E-state index in [1.165, 1.54) is 12.0 Å². The van der Waals surface area contributed by atoms with Crippen LogP contribution in [0.4, 0.5) is 10.5 Å². The third-order valence-electron chi connectivity index (χ3n) is 2.44. The largest absolute Gasteiger partial charge is 0.495 e. The molecule has 0 aliphatic carbocycles. The molecule has 0 unspecified atom stereocenters. The second-order valence-electron chi connectivity index (χ2n) is 3.69. The van der Waals surface area contributed by atoms with Crippen molar-refractivity contribution in [2.24, 2.45) is 0 Å². The Morgan fingerprint density at radius 3 is 2.63 bits per heavy atom. The number of rotatable bonds is 5. The highest BCUT2D eigenvalue weighted by atomic mass is 16.5. The number of hydrogen-bond acceptors (Lipinski definition) is 4. The maximum absolute atomic E-state index is 11.9.